The first-order chi connectivity index (χ1) is 10.6. The highest BCUT2D eigenvalue weighted by atomic mass is 79.9. The summed E-state index contributed by atoms with van der Waals surface area (Å²) in [6, 6.07) is 4.01. The van der Waals surface area contributed by atoms with Crippen molar-refractivity contribution in [3.8, 4) is 0 Å². The lowest BCUT2D eigenvalue weighted by molar-refractivity contribution is 0.262. The first-order valence-electron chi connectivity index (χ1n) is 7.13. The minimum atomic E-state index is -0.487. The Balaban J connectivity index is 1.67. The summed E-state index contributed by atoms with van der Waals surface area (Å²) >= 11 is 4.69. The van der Waals surface area contributed by atoms with Gasteiger partial charge < -0.3 is 5.32 Å². The molecular formula is C15H15BrFN3OS. The summed E-state index contributed by atoms with van der Waals surface area (Å²) in [4.78, 5) is 17.7. The van der Waals surface area contributed by atoms with Crippen LogP contribution in [0.4, 0.5) is 20.0 Å². The van der Waals surface area contributed by atoms with E-state index in [0.29, 0.717) is 9.60 Å². The van der Waals surface area contributed by atoms with Crippen molar-refractivity contribution in [2.75, 3.05) is 10.6 Å². The molecule has 22 heavy (non-hydrogen) atoms. The largest absolute Gasteiger partial charge is 0.325 e. The molecule has 2 amide bonds. The zero-order chi connectivity index (χ0) is 15.5. The Labute approximate surface area is 140 Å². The second kappa shape index (κ2) is 6.75. The van der Waals surface area contributed by atoms with Crippen molar-refractivity contribution in [2.45, 2.75) is 32.1 Å². The van der Waals surface area contributed by atoms with E-state index in [1.807, 2.05) is 0 Å². The molecule has 0 unspecified atom stereocenters. The molecule has 7 heteroatoms. The Morgan fingerprint density at radius 2 is 2.05 bits per heavy atom. The third-order valence-corrected chi connectivity index (χ3v) is 5.06. The van der Waals surface area contributed by atoms with Gasteiger partial charge in [0.25, 0.3) is 0 Å². The molecule has 0 saturated heterocycles. The van der Waals surface area contributed by atoms with Gasteiger partial charge in [-0.25, -0.2) is 14.2 Å². The number of carbonyl (C=O) groups is 1. The van der Waals surface area contributed by atoms with Crippen LogP contribution in [0.3, 0.4) is 0 Å². The van der Waals surface area contributed by atoms with Crippen molar-refractivity contribution in [1.29, 1.82) is 0 Å². The zero-order valence-electron chi connectivity index (χ0n) is 11.8. The number of amides is 2. The number of rotatable bonds is 2. The SMILES string of the molecule is O=C(Nc1nc2c(s1)CCCCC2)Nc1ccc(Br)cc1F. The number of anilines is 2. The highest BCUT2D eigenvalue weighted by Gasteiger charge is 2.16. The number of aryl methyl sites for hydroxylation is 2. The van der Waals surface area contributed by atoms with Gasteiger partial charge in [-0.05, 0) is 43.9 Å². The number of nitrogens with zero attached hydrogens (tertiary/aromatic N) is 1. The molecular weight excluding hydrogens is 369 g/mol. The Hall–Kier alpha value is -1.47. The number of hydrogen-bond acceptors (Lipinski definition) is 3. The highest BCUT2D eigenvalue weighted by Crippen LogP contribution is 2.29. The van der Waals surface area contributed by atoms with Gasteiger partial charge in [0, 0.05) is 9.35 Å². The van der Waals surface area contributed by atoms with Crippen molar-refractivity contribution in [1.82, 2.24) is 4.98 Å². The van der Waals surface area contributed by atoms with Crippen LogP contribution < -0.4 is 10.6 Å². The molecule has 3 rings (SSSR count). The van der Waals surface area contributed by atoms with Gasteiger partial charge in [-0.3, -0.25) is 5.32 Å². The second-order valence-electron chi connectivity index (χ2n) is 5.15. The number of thiazole rings is 1. The maximum atomic E-state index is 13.7. The van der Waals surface area contributed by atoms with E-state index in [2.05, 4.69) is 31.5 Å². The van der Waals surface area contributed by atoms with E-state index in [-0.39, 0.29) is 5.69 Å². The maximum Gasteiger partial charge on any atom is 0.325 e. The van der Waals surface area contributed by atoms with Crippen LogP contribution in [0.1, 0.15) is 29.8 Å². The van der Waals surface area contributed by atoms with E-state index in [0.717, 1.165) is 25.0 Å². The minimum Gasteiger partial charge on any atom is -0.305 e. The molecule has 0 saturated carbocycles. The van der Waals surface area contributed by atoms with Crippen molar-refractivity contribution >= 4 is 44.1 Å². The van der Waals surface area contributed by atoms with Gasteiger partial charge in [0.2, 0.25) is 0 Å². The number of halogens is 2. The summed E-state index contributed by atoms with van der Waals surface area (Å²) in [6.07, 6.45) is 5.54. The predicted molar refractivity (Wildman–Crippen MR) is 90.1 cm³/mol. The molecule has 0 radical (unpaired) electrons. The molecule has 2 N–H and O–H groups in total. The smallest absolute Gasteiger partial charge is 0.305 e. The molecule has 1 aliphatic rings. The van der Waals surface area contributed by atoms with Crippen molar-refractivity contribution in [3.05, 3.63) is 39.1 Å². The number of nitrogens with one attached hydrogen (secondary N) is 2. The van der Waals surface area contributed by atoms with Gasteiger partial charge in [-0.1, -0.05) is 22.4 Å². The molecule has 1 aromatic heterocycles. The molecule has 0 spiro atoms. The van der Waals surface area contributed by atoms with Crippen LogP contribution in [-0.2, 0) is 12.8 Å². The summed E-state index contributed by atoms with van der Waals surface area (Å²) in [7, 11) is 0. The number of fused-ring (bicyclic) bond motifs is 1. The lowest BCUT2D eigenvalue weighted by atomic mass is 10.2. The Morgan fingerprint density at radius 1 is 1.23 bits per heavy atom. The fourth-order valence-electron chi connectivity index (χ4n) is 2.42. The average molecular weight is 384 g/mol. The van der Waals surface area contributed by atoms with Crippen molar-refractivity contribution in [2.24, 2.45) is 0 Å². The molecule has 0 atom stereocenters. The van der Waals surface area contributed by atoms with Crippen LogP contribution in [-0.4, -0.2) is 11.0 Å². The third kappa shape index (κ3) is 3.64. The van der Waals surface area contributed by atoms with Gasteiger partial charge >= 0.3 is 6.03 Å². The topological polar surface area (TPSA) is 54.0 Å². The number of urea groups is 1. The summed E-state index contributed by atoms with van der Waals surface area (Å²) in [5.74, 6) is -0.487. The summed E-state index contributed by atoms with van der Waals surface area (Å²) in [6.45, 7) is 0. The number of carbonyl (C=O) groups excluding carboxylic acids is 1. The van der Waals surface area contributed by atoms with Crippen LogP contribution in [0, 0.1) is 5.82 Å². The van der Waals surface area contributed by atoms with E-state index in [4.69, 9.17) is 0 Å². The number of hydrogen-bond donors (Lipinski definition) is 2. The standard InChI is InChI=1S/C15H15BrFN3OS/c16-9-6-7-11(10(17)8-9)18-14(21)20-15-19-12-4-2-1-3-5-13(12)22-15/h6-8H,1-5H2,(H2,18,19,20,21). The second-order valence-corrected chi connectivity index (χ2v) is 7.15. The zero-order valence-corrected chi connectivity index (χ0v) is 14.2. The van der Waals surface area contributed by atoms with Crippen LogP contribution in [0.2, 0.25) is 0 Å². The molecule has 0 aliphatic heterocycles. The van der Waals surface area contributed by atoms with Gasteiger partial charge in [0.1, 0.15) is 5.82 Å². The first-order valence-corrected chi connectivity index (χ1v) is 8.74. The Bertz CT molecular complexity index is 681. The lowest BCUT2D eigenvalue weighted by Gasteiger charge is -2.06. The van der Waals surface area contributed by atoms with E-state index in [1.165, 1.54) is 41.2 Å². The van der Waals surface area contributed by atoms with E-state index < -0.39 is 11.8 Å². The van der Waals surface area contributed by atoms with Gasteiger partial charge in [-0.2, -0.15) is 0 Å². The van der Waals surface area contributed by atoms with Crippen LogP contribution in [0.25, 0.3) is 0 Å². The van der Waals surface area contributed by atoms with Crippen molar-refractivity contribution < 1.29 is 9.18 Å². The highest BCUT2D eigenvalue weighted by molar-refractivity contribution is 9.10. The molecule has 1 heterocycles. The Morgan fingerprint density at radius 3 is 2.86 bits per heavy atom. The quantitative estimate of drug-likeness (QED) is 0.720. The summed E-state index contributed by atoms with van der Waals surface area (Å²) in [5.41, 5.74) is 1.23. The average Bonchev–Trinajstić information content (AvgIpc) is 2.70. The molecule has 116 valence electrons. The monoisotopic (exact) mass is 383 g/mol. The van der Waals surface area contributed by atoms with Gasteiger partial charge in [0.15, 0.2) is 5.13 Å². The molecule has 2 aromatic rings. The fraction of sp³-hybridized carbons (Fsp3) is 0.333. The molecule has 1 aliphatic carbocycles. The van der Waals surface area contributed by atoms with E-state index in [1.54, 1.807) is 6.07 Å². The first kappa shape index (κ1) is 15.4. The van der Waals surface area contributed by atoms with E-state index >= 15 is 0 Å². The molecule has 4 nitrogen and oxygen atoms in total. The minimum absolute atomic E-state index is 0.138. The van der Waals surface area contributed by atoms with E-state index in [9.17, 15) is 9.18 Å². The molecule has 0 bridgehead atoms. The van der Waals surface area contributed by atoms with Crippen molar-refractivity contribution in [3.63, 3.8) is 0 Å². The van der Waals surface area contributed by atoms with Gasteiger partial charge in [-0.15, -0.1) is 11.3 Å². The predicted octanol–water partition coefficient (Wildman–Crippen LogP) is 4.96. The van der Waals surface area contributed by atoms with Crippen LogP contribution in [0.5, 0.6) is 0 Å². The summed E-state index contributed by atoms with van der Waals surface area (Å²) < 4.78 is 14.3. The van der Waals surface area contributed by atoms with Gasteiger partial charge in [0.05, 0.1) is 11.4 Å². The van der Waals surface area contributed by atoms with Crippen LogP contribution in [0.15, 0.2) is 22.7 Å². The summed E-state index contributed by atoms with van der Waals surface area (Å²) in [5, 5.41) is 5.76. The number of benzene rings is 1. The Kier molecular flexibility index (Phi) is 4.73. The lowest BCUT2D eigenvalue weighted by Crippen LogP contribution is -2.20. The normalized spacial score (nSPS) is 14.1. The maximum absolute atomic E-state index is 13.7. The molecule has 0 fully saturated rings. The third-order valence-electron chi connectivity index (χ3n) is 3.50. The number of aromatic nitrogens is 1. The fourth-order valence-corrected chi connectivity index (χ4v) is 3.80. The van der Waals surface area contributed by atoms with Crippen LogP contribution >= 0.6 is 27.3 Å². The molecule has 1 aromatic carbocycles.